The third kappa shape index (κ3) is 2.39. The van der Waals surface area contributed by atoms with Gasteiger partial charge in [-0.2, -0.15) is 0 Å². The van der Waals surface area contributed by atoms with Crippen LogP contribution in [0, 0.1) is 12.7 Å². The zero-order valence-corrected chi connectivity index (χ0v) is 11.2. The number of halogens is 2. The Kier molecular flexibility index (Phi) is 3.57. The maximum atomic E-state index is 13.8. The van der Waals surface area contributed by atoms with E-state index in [1.807, 2.05) is 6.92 Å². The lowest BCUT2D eigenvalue weighted by Gasteiger charge is -2.01. The van der Waals surface area contributed by atoms with E-state index in [0.29, 0.717) is 17.0 Å². The Hall–Kier alpha value is -1.23. The first kappa shape index (κ1) is 12.2. The largest absolute Gasteiger partial charge is 0.419 e. The molecule has 17 heavy (non-hydrogen) atoms. The Labute approximate surface area is 107 Å². The third-order valence-electron chi connectivity index (χ3n) is 2.49. The van der Waals surface area contributed by atoms with Crippen LogP contribution in [-0.4, -0.2) is 10.2 Å². The summed E-state index contributed by atoms with van der Waals surface area (Å²) in [5, 5.41) is 7.77. The number of nitrogens with zero attached hydrogens (tertiary/aromatic N) is 2. The smallest absolute Gasteiger partial charge is 0.250 e. The SMILES string of the molecule is CCC(Br)c1nnc(-c2cccc(C)c2F)o1. The van der Waals surface area contributed by atoms with Gasteiger partial charge >= 0.3 is 0 Å². The molecule has 0 N–H and O–H groups in total. The van der Waals surface area contributed by atoms with Gasteiger partial charge in [0.2, 0.25) is 5.89 Å². The maximum absolute atomic E-state index is 13.8. The summed E-state index contributed by atoms with van der Waals surface area (Å²) in [7, 11) is 0. The Morgan fingerprint density at radius 2 is 2.18 bits per heavy atom. The number of hydrogen-bond acceptors (Lipinski definition) is 3. The monoisotopic (exact) mass is 298 g/mol. The lowest BCUT2D eigenvalue weighted by atomic mass is 10.1. The fourth-order valence-corrected chi connectivity index (χ4v) is 1.64. The molecule has 0 saturated heterocycles. The number of aryl methyl sites for hydroxylation is 1. The highest BCUT2D eigenvalue weighted by molar-refractivity contribution is 9.09. The van der Waals surface area contributed by atoms with E-state index in [0.717, 1.165) is 6.42 Å². The van der Waals surface area contributed by atoms with Crippen LogP contribution in [0.2, 0.25) is 0 Å². The second kappa shape index (κ2) is 4.96. The predicted molar refractivity (Wildman–Crippen MR) is 66.4 cm³/mol. The van der Waals surface area contributed by atoms with Crippen molar-refractivity contribution in [2.24, 2.45) is 0 Å². The first-order valence-electron chi connectivity index (χ1n) is 5.36. The van der Waals surface area contributed by atoms with Crippen LogP contribution >= 0.6 is 15.9 Å². The van der Waals surface area contributed by atoms with Gasteiger partial charge in [0.15, 0.2) is 0 Å². The highest BCUT2D eigenvalue weighted by Gasteiger charge is 2.17. The second-order valence-corrected chi connectivity index (χ2v) is 4.86. The molecule has 3 nitrogen and oxygen atoms in total. The molecule has 2 rings (SSSR count). The van der Waals surface area contributed by atoms with E-state index in [1.54, 1.807) is 25.1 Å². The molecule has 1 heterocycles. The summed E-state index contributed by atoms with van der Waals surface area (Å²) in [6.07, 6.45) is 0.831. The van der Waals surface area contributed by atoms with Crippen LogP contribution in [0.5, 0.6) is 0 Å². The van der Waals surface area contributed by atoms with Gasteiger partial charge in [0.05, 0.1) is 10.4 Å². The van der Waals surface area contributed by atoms with Crippen LogP contribution in [0.4, 0.5) is 4.39 Å². The molecule has 0 saturated carbocycles. The van der Waals surface area contributed by atoms with Gasteiger partial charge < -0.3 is 4.42 Å². The van der Waals surface area contributed by atoms with Gasteiger partial charge in [0, 0.05) is 0 Å². The van der Waals surface area contributed by atoms with E-state index >= 15 is 0 Å². The zero-order valence-electron chi connectivity index (χ0n) is 9.58. The average Bonchev–Trinajstić information content (AvgIpc) is 2.81. The van der Waals surface area contributed by atoms with E-state index in [9.17, 15) is 4.39 Å². The Morgan fingerprint density at radius 1 is 1.41 bits per heavy atom. The van der Waals surface area contributed by atoms with Crippen molar-refractivity contribution in [3.8, 4) is 11.5 Å². The molecule has 0 fully saturated rings. The van der Waals surface area contributed by atoms with E-state index < -0.39 is 0 Å². The molecule has 90 valence electrons. The van der Waals surface area contributed by atoms with Gasteiger partial charge in [0.1, 0.15) is 5.82 Å². The van der Waals surface area contributed by atoms with Crippen LogP contribution in [0.1, 0.15) is 29.6 Å². The lowest BCUT2D eigenvalue weighted by molar-refractivity contribution is 0.496. The molecule has 1 aromatic carbocycles. The summed E-state index contributed by atoms with van der Waals surface area (Å²) in [6, 6.07) is 5.10. The fraction of sp³-hybridized carbons (Fsp3) is 0.333. The molecule has 0 amide bonds. The molecule has 1 atom stereocenters. The first-order chi connectivity index (χ1) is 8.13. The first-order valence-corrected chi connectivity index (χ1v) is 6.28. The summed E-state index contributed by atoms with van der Waals surface area (Å²) >= 11 is 3.41. The number of hydrogen-bond donors (Lipinski definition) is 0. The summed E-state index contributed by atoms with van der Waals surface area (Å²) < 4.78 is 19.3. The van der Waals surface area contributed by atoms with Gasteiger partial charge in [-0.05, 0) is 25.0 Å². The fourth-order valence-electron chi connectivity index (χ4n) is 1.46. The number of aromatic nitrogens is 2. The highest BCUT2D eigenvalue weighted by Crippen LogP contribution is 2.29. The Balaban J connectivity index is 2.40. The van der Waals surface area contributed by atoms with E-state index in [-0.39, 0.29) is 16.5 Å². The van der Waals surface area contributed by atoms with E-state index in [4.69, 9.17) is 4.42 Å². The summed E-state index contributed by atoms with van der Waals surface area (Å²) in [5.74, 6) is 0.382. The van der Waals surface area contributed by atoms with Gasteiger partial charge in [0.25, 0.3) is 5.89 Å². The van der Waals surface area contributed by atoms with Crippen molar-refractivity contribution in [3.63, 3.8) is 0 Å². The van der Waals surface area contributed by atoms with E-state index in [1.165, 1.54) is 0 Å². The minimum atomic E-state index is -0.315. The van der Waals surface area contributed by atoms with Crippen molar-refractivity contribution in [2.75, 3.05) is 0 Å². The van der Waals surface area contributed by atoms with Crippen molar-refractivity contribution in [1.82, 2.24) is 10.2 Å². The Bertz CT molecular complexity index is 527. The average molecular weight is 299 g/mol. The predicted octanol–water partition coefficient (Wildman–Crippen LogP) is 4.03. The summed E-state index contributed by atoms with van der Waals surface area (Å²) in [5.41, 5.74) is 0.910. The maximum Gasteiger partial charge on any atom is 0.250 e. The van der Waals surface area contributed by atoms with Gasteiger partial charge in [-0.3, -0.25) is 0 Å². The lowest BCUT2D eigenvalue weighted by Crippen LogP contribution is -1.87. The van der Waals surface area contributed by atoms with Crippen LogP contribution in [-0.2, 0) is 0 Å². The van der Waals surface area contributed by atoms with Crippen LogP contribution in [0.3, 0.4) is 0 Å². The summed E-state index contributed by atoms with van der Waals surface area (Å²) in [4.78, 5) is 0.0108. The third-order valence-corrected chi connectivity index (χ3v) is 3.53. The molecule has 0 aliphatic rings. The molecule has 0 radical (unpaired) electrons. The van der Waals surface area contributed by atoms with Crippen LogP contribution < -0.4 is 0 Å². The standard InChI is InChI=1S/C12H12BrFN2O/c1-3-9(13)12-16-15-11(17-12)8-6-4-5-7(2)10(8)14/h4-6,9H,3H2,1-2H3. The zero-order chi connectivity index (χ0) is 12.4. The van der Waals surface area contributed by atoms with Crippen molar-refractivity contribution in [3.05, 3.63) is 35.5 Å². The highest BCUT2D eigenvalue weighted by atomic mass is 79.9. The molecular formula is C12H12BrFN2O. The molecule has 2 aromatic rings. The van der Waals surface area contributed by atoms with Crippen molar-refractivity contribution in [1.29, 1.82) is 0 Å². The molecule has 5 heteroatoms. The molecule has 0 bridgehead atoms. The molecule has 0 aliphatic heterocycles. The number of rotatable bonds is 3. The van der Waals surface area contributed by atoms with Crippen LogP contribution in [0.15, 0.2) is 22.6 Å². The molecule has 0 aliphatic carbocycles. The van der Waals surface area contributed by atoms with Gasteiger partial charge in [-0.25, -0.2) is 4.39 Å². The Morgan fingerprint density at radius 3 is 2.88 bits per heavy atom. The molecule has 1 unspecified atom stereocenters. The van der Waals surface area contributed by atoms with Gasteiger partial charge in [-0.15, -0.1) is 10.2 Å². The topological polar surface area (TPSA) is 38.9 Å². The van der Waals surface area contributed by atoms with Crippen molar-refractivity contribution < 1.29 is 8.81 Å². The normalized spacial score (nSPS) is 12.7. The number of benzene rings is 1. The quantitative estimate of drug-likeness (QED) is 0.803. The summed E-state index contributed by atoms with van der Waals surface area (Å²) in [6.45, 7) is 3.70. The van der Waals surface area contributed by atoms with Crippen LogP contribution in [0.25, 0.3) is 11.5 Å². The second-order valence-electron chi connectivity index (χ2n) is 3.76. The van der Waals surface area contributed by atoms with Gasteiger partial charge in [-0.1, -0.05) is 35.0 Å². The molecule has 0 spiro atoms. The van der Waals surface area contributed by atoms with Crippen molar-refractivity contribution >= 4 is 15.9 Å². The van der Waals surface area contributed by atoms with Crippen molar-refractivity contribution in [2.45, 2.75) is 25.1 Å². The van der Waals surface area contributed by atoms with E-state index in [2.05, 4.69) is 26.1 Å². The minimum Gasteiger partial charge on any atom is -0.419 e. The number of alkyl halides is 1. The molecule has 1 aromatic heterocycles. The minimum absolute atomic E-state index is 0.0108. The molecular weight excluding hydrogens is 287 g/mol.